The molecule has 0 saturated heterocycles. The molecule has 0 aliphatic heterocycles. The van der Waals surface area contributed by atoms with Gasteiger partial charge >= 0.3 is 0 Å². The second-order valence-corrected chi connectivity index (χ2v) is 5.70. The summed E-state index contributed by atoms with van der Waals surface area (Å²) in [5, 5.41) is 15.5. The number of aromatic nitrogens is 1. The van der Waals surface area contributed by atoms with Gasteiger partial charge in [0.25, 0.3) is 11.6 Å². The molecule has 3 rings (SSSR count). The molecule has 0 bridgehead atoms. The summed E-state index contributed by atoms with van der Waals surface area (Å²) in [6.45, 7) is 0. The largest absolute Gasteiger partial charge is 0.320 e. The lowest BCUT2D eigenvalue weighted by Gasteiger charge is -2.08. The molecule has 114 valence electrons. The van der Waals surface area contributed by atoms with Gasteiger partial charge in [-0.15, -0.1) is 0 Å². The number of carbonyl (C=O) groups excluding carboxylic acids is 1. The molecular weight excluding hydrogens is 362 g/mol. The number of nitrogens with zero attached hydrogens (tertiary/aromatic N) is 2. The van der Waals surface area contributed by atoms with Crippen molar-refractivity contribution in [2.45, 2.75) is 0 Å². The van der Waals surface area contributed by atoms with Crippen LogP contribution in [0.4, 0.5) is 11.4 Å². The zero-order chi connectivity index (χ0) is 16.4. The van der Waals surface area contributed by atoms with Crippen LogP contribution in [0.3, 0.4) is 0 Å². The zero-order valence-corrected chi connectivity index (χ0v) is 13.3. The molecule has 0 radical (unpaired) electrons. The smallest absolute Gasteiger partial charge is 0.282 e. The quantitative estimate of drug-likeness (QED) is 0.553. The van der Waals surface area contributed by atoms with Crippen LogP contribution in [0, 0.1) is 10.1 Å². The molecule has 1 N–H and O–H groups in total. The number of nitrogens with one attached hydrogen (secondary N) is 1. The lowest BCUT2D eigenvalue weighted by Crippen LogP contribution is -2.14. The number of halogens is 1. The van der Waals surface area contributed by atoms with E-state index in [4.69, 9.17) is 0 Å². The Labute approximate surface area is 139 Å². The molecule has 1 heterocycles. The van der Waals surface area contributed by atoms with Crippen molar-refractivity contribution < 1.29 is 9.72 Å². The minimum atomic E-state index is -0.581. The molecule has 23 heavy (non-hydrogen) atoms. The average molecular weight is 372 g/mol. The SMILES string of the molecule is O=C(Nc1cncc2ccccc12)c1cc(Br)ccc1[N+](=O)[O-]. The van der Waals surface area contributed by atoms with Crippen LogP contribution in [-0.2, 0) is 0 Å². The number of benzene rings is 2. The monoisotopic (exact) mass is 371 g/mol. The topological polar surface area (TPSA) is 85.1 Å². The number of hydrogen-bond donors (Lipinski definition) is 1. The maximum atomic E-state index is 12.5. The molecule has 0 saturated carbocycles. The fraction of sp³-hybridized carbons (Fsp3) is 0. The molecule has 7 heteroatoms. The van der Waals surface area contributed by atoms with Gasteiger partial charge < -0.3 is 5.32 Å². The van der Waals surface area contributed by atoms with Crippen LogP contribution in [0.25, 0.3) is 10.8 Å². The number of amides is 1. The molecule has 1 aromatic heterocycles. The van der Waals surface area contributed by atoms with Gasteiger partial charge in [-0.1, -0.05) is 40.2 Å². The molecule has 3 aromatic rings. The fourth-order valence-corrected chi connectivity index (χ4v) is 2.62. The first-order valence-electron chi connectivity index (χ1n) is 6.64. The Bertz CT molecular complexity index is 922. The molecule has 0 fully saturated rings. The van der Waals surface area contributed by atoms with E-state index in [0.717, 1.165) is 10.8 Å². The third-order valence-corrected chi connectivity index (χ3v) is 3.81. The summed E-state index contributed by atoms with van der Waals surface area (Å²) in [6.07, 6.45) is 3.20. The number of nitro benzene ring substituents is 1. The number of pyridine rings is 1. The van der Waals surface area contributed by atoms with Gasteiger partial charge in [-0.25, -0.2) is 0 Å². The molecule has 0 unspecified atom stereocenters. The maximum Gasteiger partial charge on any atom is 0.282 e. The molecule has 0 aliphatic rings. The average Bonchev–Trinajstić information content (AvgIpc) is 2.54. The van der Waals surface area contributed by atoms with E-state index in [0.29, 0.717) is 10.2 Å². The van der Waals surface area contributed by atoms with Gasteiger partial charge in [0.1, 0.15) is 5.56 Å². The van der Waals surface area contributed by atoms with Crippen LogP contribution in [0.1, 0.15) is 10.4 Å². The van der Waals surface area contributed by atoms with Crippen LogP contribution < -0.4 is 5.32 Å². The standard InChI is InChI=1S/C16H10BrN3O3/c17-11-5-6-15(20(22)23)13(7-11)16(21)19-14-9-18-8-10-3-1-2-4-12(10)14/h1-9H,(H,19,21). The normalized spacial score (nSPS) is 10.5. The summed E-state index contributed by atoms with van der Waals surface area (Å²) in [6, 6.07) is 11.7. The van der Waals surface area contributed by atoms with Gasteiger partial charge in [0.05, 0.1) is 16.8 Å². The first kappa shape index (κ1) is 15.1. The molecule has 0 aliphatic carbocycles. The number of nitro groups is 1. The van der Waals surface area contributed by atoms with Gasteiger partial charge in [0, 0.05) is 27.5 Å². The van der Waals surface area contributed by atoms with Crippen molar-refractivity contribution in [3.05, 3.63) is 75.0 Å². The van der Waals surface area contributed by atoms with Gasteiger partial charge in [0.15, 0.2) is 0 Å². The maximum absolute atomic E-state index is 12.5. The Balaban J connectivity index is 2.02. The Kier molecular flexibility index (Phi) is 4.03. The van der Waals surface area contributed by atoms with E-state index in [9.17, 15) is 14.9 Å². The number of hydrogen-bond acceptors (Lipinski definition) is 4. The highest BCUT2D eigenvalue weighted by atomic mass is 79.9. The molecular formula is C16H10BrN3O3. The number of carbonyl (C=O) groups is 1. The lowest BCUT2D eigenvalue weighted by atomic mass is 10.1. The number of rotatable bonds is 3. The van der Waals surface area contributed by atoms with Gasteiger partial charge in [0.2, 0.25) is 0 Å². The van der Waals surface area contributed by atoms with Crippen molar-refractivity contribution in [3.63, 3.8) is 0 Å². The van der Waals surface area contributed by atoms with Crippen molar-refractivity contribution in [2.24, 2.45) is 0 Å². The van der Waals surface area contributed by atoms with E-state index in [1.54, 1.807) is 6.20 Å². The minimum Gasteiger partial charge on any atom is -0.320 e. The minimum absolute atomic E-state index is 0.0164. The van der Waals surface area contributed by atoms with Crippen LogP contribution in [0.2, 0.25) is 0 Å². The third kappa shape index (κ3) is 3.04. The van der Waals surface area contributed by atoms with Crippen LogP contribution >= 0.6 is 15.9 Å². The van der Waals surface area contributed by atoms with E-state index < -0.39 is 10.8 Å². The van der Waals surface area contributed by atoms with Gasteiger partial charge in [-0.3, -0.25) is 19.9 Å². The highest BCUT2D eigenvalue weighted by Gasteiger charge is 2.21. The van der Waals surface area contributed by atoms with E-state index >= 15 is 0 Å². The first-order chi connectivity index (χ1) is 11.1. The highest BCUT2D eigenvalue weighted by molar-refractivity contribution is 9.10. The lowest BCUT2D eigenvalue weighted by molar-refractivity contribution is -0.385. The number of anilines is 1. The first-order valence-corrected chi connectivity index (χ1v) is 7.43. The summed E-state index contributed by atoms with van der Waals surface area (Å²) >= 11 is 3.22. The third-order valence-electron chi connectivity index (χ3n) is 3.32. The van der Waals surface area contributed by atoms with Gasteiger partial charge in [-0.05, 0) is 12.1 Å². The predicted molar refractivity (Wildman–Crippen MR) is 90.5 cm³/mol. The summed E-state index contributed by atoms with van der Waals surface area (Å²) < 4.78 is 0.587. The summed E-state index contributed by atoms with van der Waals surface area (Å²) in [7, 11) is 0. The molecule has 2 aromatic carbocycles. The van der Waals surface area contributed by atoms with E-state index in [2.05, 4.69) is 26.2 Å². The predicted octanol–water partition coefficient (Wildman–Crippen LogP) is 4.16. The van der Waals surface area contributed by atoms with Crippen LogP contribution in [-0.4, -0.2) is 15.8 Å². The van der Waals surface area contributed by atoms with Crippen molar-refractivity contribution in [1.82, 2.24) is 4.98 Å². The molecule has 6 nitrogen and oxygen atoms in total. The van der Waals surface area contributed by atoms with E-state index in [-0.39, 0.29) is 11.3 Å². The van der Waals surface area contributed by atoms with E-state index in [1.807, 2.05) is 24.3 Å². The highest BCUT2D eigenvalue weighted by Crippen LogP contribution is 2.26. The van der Waals surface area contributed by atoms with Crippen molar-refractivity contribution in [1.29, 1.82) is 0 Å². The van der Waals surface area contributed by atoms with E-state index in [1.165, 1.54) is 24.4 Å². The zero-order valence-electron chi connectivity index (χ0n) is 11.7. The van der Waals surface area contributed by atoms with Crippen LogP contribution in [0.15, 0.2) is 59.3 Å². The van der Waals surface area contributed by atoms with Gasteiger partial charge in [-0.2, -0.15) is 0 Å². The van der Waals surface area contributed by atoms with Crippen LogP contribution in [0.5, 0.6) is 0 Å². The Morgan fingerprint density at radius 3 is 2.74 bits per heavy atom. The summed E-state index contributed by atoms with van der Waals surface area (Å²) in [4.78, 5) is 27.1. The number of fused-ring (bicyclic) bond motifs is 1. The molecule has 0 spiro atoms. The molecule has 1 amide bonds. The second kappa shape index (κ2) is 6.13. The fourth-order valence-electron chi connectivity index (χ4n) is 2.26. The van der Waals surface area contributed by atoms with Crippen molar-refractivity contribution >= 4 is 44.0 Å². The Morgan fingerprint density at radius 1 is 1.17 bits per heavy atom. The second-order valence-electron chi connectivity index (χ2n) is 4.78. The Morgan fingerprint density at radius 2 is 1.96 bits per heavy atom. The van der Waals surface area contributed by atoms with Crippen molar-refractivity contribution in [2.75, 3.05) is 5.32 Å². The summed E-state index contributed by atoms with van der Waals surface area (Å²) in [5.74, 6) is -0.559. The summed E-state index contributed by atoms with van der Waals surface area (Å²) in [5.41, 5.74) is 0.235. The van der Waals surface area contributed by atoms with Crippen molar-refractivity contribution in [3.8, 4) is 0 Å². The molecule has 0 atom stereocenters. The Hall–Kier alpha value is -2.80.